The van der Waals surface area contributed by atoms with E-state index in [1.165, 1.54) is 12.0 Å². The molecule has 7 nitrogen and oxygen atoms in total. The first-order valence-electron chi connectivity index (χ1n) is 8.86. The third-order valence-corrected chi connectivity index (χ3v) is 4.90. The molecule has 1 atom stereocenters. The molecule has 0 saturated heterocycles. The number of benzene rings is 1. The van der Waals surface area contributed by atoms with Crippen LogP contribution in [0, 0.1) is 0 Å². The van der Waals surface area contributed by atoms with Gasteiger partial charge in [0.05, 0.1) is 23.4 Å². The van der Waals surface area contributed by atoms with Crippen molar-refractivity contribution in [2.45, 2.75) is 18.9 Å². The number of fused-ring (bicyclic) bond motifs is 2. The first-order chi connectivity index (χ1) is 13.3. The van der Waals surface area contributed by atoms with Crippen molar-refractivity contribution in [2.75, 3.05) is 12.4 Å². The van der Waals surface area contributed by atoms with E-state index in [2.05, 4.69) is 48.7 Å². The summed E-state index contributed by atoms with van der Waals surface area (Å²) in [5.41, 5.74) is 6.21. The van der Waals surface area contributed by atoms with Crippen molar-refractivity contribution >= 4 is 22.8 Å². The van der Waals surface area contributed by atoms with Gasteiger partial charge < -0.3 is 9.73 Å². The maximum Gasteiger partial charge on any atom is 0.181 e. The minimum Gasteiger partial charge on any atom is -0.442 e. The van der Waals surface area contributed by atoms with Gasteiger partial charge in [0.25, 0.3) is 0 Å². The summed E-state index contributed by atoms with van der Waals surface area (Å²) in [5, 5.41) is 12.0. The number of H-pyrrole nitrogens is 1. The second-order valence-electron chi connectivity index (χ2n) is 6.63. The highest BCUT2D eigenvalue weighted by Gasteiger charge is 2.24. The minimum atomic E-state index is 0.200. The third kappa shape index (κ3) is 2.77. The van der Waals surface area contributed by atoms with Crippen molar-refractivity contribution < 1.29 is 4.42 Å². The molecule has 27 heavy (non-hydrogen) atoms. The number of nitrogens with one attached hydrogen (secondary N) is 2. The summed E-state index contributed by atoms with van der Waals surface area (Å²) < 4.78 is 5.40. The van der Waals surface area contributed by atoms with Gasteiger partial charge in [-0.3, -0.25) is 15.1 Å². The number of hydrogen-bond donors (Lipinski definition) is 2. The molecule has 5 rings (SSSR count). The maximum atomic E-state index is 5.40. The van der Waals surface area contributed by atoms with Gasteiger partial charge in [-0.05, 0) is 42.7 Å². The van der Waals surface area contributed by atoms with Gasteiger partial charge in [0.15, 0.2) is 12.2 Å². The van der Waals surface area contributed by atoms with Crippen LogP contribution in [0.4, 0.5) is 5.69 Å². The fourth-order valence-corrected chi connectivity index (χ4v) is 3.68. The summed E-state index contributed by atoms with van der Waals surface area (Å²) >= 11 is 0. The lowest BCUT2D eigenvalue weighted by atomic mass is 10.1. The van der Waals surface area contributed by atoms with Gasteiger partial charge in [0.1, 0.15) is 5.69 Å². The number of hydrogen-bond acceptors (Lipinski definition) is 6. The highest BCUT2D eigenvalue weighted by atomic mass is 16.3. The largest absolute Gasteiger partial charge is 0.442 e. The van der Waals surface area contributed by atoms with Crippen molar-refractivity contribution in [2.24, 2.45) is 4.99 Å². The summed E-state index contributed by atoms with van der Waals surface area (Å²) in [7, 11) is 1.77. The fourth-order valence-electron chi connectivity index (χ4n) is 3.68. The van der Waals surface area contributed by atoms with Crippen molar-refractivity contribution in [3.05, 3.63) is 59.9 Å². The van der Waals surface area contributed by atoms with Crippen LogP contribution in [0.5, 0.6) is 0 Å². The average Bonchev–Trinajstić information content (AvgIpc) is 3.41. The molecule has 0 amide bonds. The van der Waals surface area contributed by atoms with Crippen LogP contribution >= 0.6 is 0 Å². The van der Waals surface area contributed by atoms with Crippen LogP contribution in [0.2, 0.25) is 0 Å². The van der Waals surface area contributed by atoms with Crippen LogP contribution in [0.1, 0.15) is 29.3 Å². The number of rotatable bonds is 4. The molecule has 0 radical (unpaired) electrons. The van der Waals surface area contributed by atoms with Gasteiger partial charge in [-0.1, -0.05) is 0 Å². The number of oxazole rings is 1. The maximum absolute atomic E-state index is 5.40. The molecule has 0 bridgehead atoms. The van der Waals surface area contributed by atoms with Gasteiger partial charge in [-0.25, -0.2) is 4.98 Å². The first kappa shape index (κ1) is 15.7. The van der Waals surface area contributed by atoms with Crippen molar-refractivity contribution in [3.8, 4) is 11.5 Å². The molecule has 134 valence electrons. The Morgan fingerprint density at radius 3 is 3.11 bits per heavy atom. The van der Waals surface area contributed by atoms with Crippen LogP contribution in [0.15, 0.2) is 52.5 Å². The molecular formula is C20H18N6O. The van der Waals surface area contributed by atoms with E-state index in [1.807, 2.05) is 18.5 Å². The smallest absolute Gasteiger partial charge is 0.181 e. The lowest BCUT2D eigenvalue weighted by molar-refractivity contribution is 0.570. The molecule has 3 heterocycles. The molecule has 1 aromatic carbocycles. The Bertz CT molecular complexity index is 1130. The fraction of sp³-hybridized carbons (Fsp3) is 0.200. The van der Waals surface area contributed by atoms with E-state index < -0.39 is 0 Å². The van der Waals surface area contributed by atoms with Crippen molar-refractivity contribution in [1.82, 2.24) is 20.2 Å². The molecule has 3 aromatic heterocycles. The SMILES string of the molecule is CN=Cc1cnc2c(c1)CC[C@H]2Nc1ccc2[nH]nc(-c3cnco3)c2c1. The van der Waals surface area contributed by atoms with Crippen LogP contribution in [-0.4, -0.2) is 33.4 Å². The van der Waals surface area contributed by atoms with Crippen LogP contribution in [0.25, 0.3) is 22.4 Å². The number of aliphatic imine (C=N–C) groups is 1. The number of nitrogens with zero attached hydrogens (tertiary/aromatic N) is 4. The van der Waals surface area contributed by atoms with Crippen LogP contribution < -0.4 is 5.32 Å². The highest BCUT2D eigenvalue weighted by Crippen LogP contribution is 2.34. The molecule has 1 aliphatic rings. The van der Waals surface area contributed by atoms with Crippen molar-refractivity contribution in [3.63, 3.8) is 0 Å². The van der Waals surface area contributed by atoms with Gasteiger partial charge in [0, 0.05) is 36.1 Å². The predicted octanol–water partition coefficient (Wildman–Crippen LogP) is 3.76. The van der Waals surface area contributed by atoms with E-state index in [0.29, 0.717) is 5.76 Å². The Hall–Kier alpha value is -3.48. The lowest BCUT2D eigenvalue weighted by Gasteiger charge is -2.15. The predicted molar refractivity (Wildman–Crippen MR) is 104 cm³/mol. The summed E-state index contributed by atoms with van der Waals surface area (Å²) in [6.07, 6.45) is 8.84. The molecule has 4 aromatic rings. The molecular weight excluding hydrogens is 340 g/mol. The Balaban J connectivity index is 1.45. The quantitative estimate of drug-likeness (QED) is 0.542. The zero-order valence-corrected chi connectivity index (χ0v) is 14.8. The Labute approximate surface area is 155 Å². The molecule has 0 spiro atoms. The zero-order chi connectivity index (χ0) is 18.2. The molecule has 2 N–H and O–H groups in total. The lowest BCUT2D eigenvalue weighted by Crippen LogP contribution is -2.08. The minimum absolute atomic E-state index is 0.200. The first-order valence-corrected chi connectivity index (χ1v) is 8.86. The van der Waals surface area contributed by atoms with Gasteiger partial charge in [-0.15, -0.1) is 0 Å². The topological polar surface area (TPSA) is 92.0 Å². The second-order valence-corrected chi connectivity index (χ2v) is 6.63. The average molecular weight is 358 g/mol. The van der Waals surface area contributed by atoms with E-state index in [-0.39, 0.29) is 6.04 Å². The number of pyridine rings is 1. The standard InChI is InChI=1S/C20H18N6O/c1-21-8-12-6-13-2-4-17(19(13)23-9-12)24-14-3-5-16-15(7-14)20(26-25-16)18-10-22-11-27-18/h3,5-11,17,24H,2,4H2,1H3,(H,25,26)/t17-/m1/s1. The van der Waals surface area contributed by atoms with E-state index in [1.54, 1.807) is 13.2 Å². The molecule has 0 unspecified atom stereocenters. The zero-order valence-electron chi connectivity index (χ0n) is 14.8. The number of anilines is 1. The summed E-state index contributed by atoms with van der Waals surface area (Å²) in [5.74, 6) is 0.649. The molecule has 0 saturated carbocycles. The van der Waals surface area contributed by atoms with Crippen molar-refractivity contribution in [1.29, 1.82) is 0 Å². The Kier molecular flexibility index (Phi) is 3.71. The van der Waals surface area contributed by atoms with Gasteiger partial charge >= 0.3 is 0 Å². The van der Waals surface area contributed by atoms with E-state index in [9.17, 15) is 0 Å². The van der Waals surface area contributed by atoms with Gasteiger partial charge in [0.2, 0.25) is 0 Å². The number of aryl methyl sites for hydroxylation is 1. The summed E-state index contributed by atoms with van der Waals surface area (Å²) in [6, 6.07) is 8.55. The summed E-state index contributed by atoms with van der Waals surface area (Å²) in [4.78, 5) is 12.7. The summed E-state index contributed by atoms with van der Waals surface area (Å²) in [6.45, 7) is 0. The Morgan fingerprint density at radius 1 is 1.30 bits per heavy atom. The Morgan fingerprint density at radius 2 is 2.26 bits per heavy atom. The van der Waals surface area contributed by atoms with E-state index in [4.69, 9.17) is 4.42 Å². The molecule has 0 fully saturated rings. The van der Waals surface area contributed by atoms with E-state index >= 15 is 0 Å². The third-order valence-electron chi connectivity index (χ3n) is 4.90. The molecule has 7 heteroatoms. The van der Waals surface area contributed by atoms with Gasteiger partial charge in [-0.2, -0.15) is 5.10 Å². The number of aromatic amines is 1. The monoisotopic (exact) mass is 358 g/mol. The normalized spacial score (nSPS) is 16.3. The van der Waals surface area contributed by atoms with Crippen LogP contribution in [0.3, 0.4) is 0 Å². The molecule has 1 aliphatic carbocycles. The molecule has 0 aliphatic heterocycles. The second kappa shape index (κ2) is 6.35. The highest BCUT2D eigenvalue weighted by molar-refractivity contribution is 5.93. The van der Waals surface area contributed by atoms with E-state index in [0.717, 1.165) is 46.4 Å². The number of aromatic nitrogens is 4. The van der Waals surface area contributed by atoms with Crippen LogP contribution in [-0.2, 0) is 6.42 Å².